The van der Waals surface area contributed by atoms with E-state index in [1.807, 2.05) is 4.90 Å². The molecule has 0 aromatic carbocycles. The van der Waals surface area contributed by atoms with E-state index in [1.165, 1.54) is 0 Å². The van der Waals surface area contributed by atoms with Crippen molar-refractivity contribution in [3.05, 3.63) is 12.4 Å². The van der Waals surface area contributed by atoms with E-state index in [1.54, 1.807) is 17.1 Å². The zero-order valence-electron chi connectivity index (χ0n) is 11.7. The minimum Gasteiger partial charge on any atom is -0.339 e. The van der Waals surface area contributed by atoms with Crippen LogP contribution in [0.2, 0.25) is 0 Å². The summed E-state index contributed by atoms with van der Waals surface area (Å²) in [5, 5.41) is 7.56. The van der Waals surface area contributed by atoms with Gasteiger partial charge in [-0.1, -0.05) is 5.21 Å². The van der Waals surface area contributed by atoms with Crippen LogP contribution in [-0.2, 0) is 11.3 Å². The van der Waals surface area contributed by atoms with Gasteiger partial charge in [0.2, 0.25) is 5.91 Å². The molecule has 2 fully saturated rings. The Morgan fingerprint density at radius 2 is 2.05 bits per heavy atom. The van der Waals surface area contributed by atoms with Gasteiger partial charge in [-0.25, -0.2) is 4.68 Å². The number of hydrogen-bond acceptors (Lipinski definition) is 5. The number of piperidine rings is 1. The van der Waals surface area contributed by atoms with Crippen molar-refractivity contribution in [1.82, 2.24) is 24.8 Å². The van der Waals surface area contributed by atoms with E-state index < -0.39 is 0 Å². The van der Waals surface area contributed by atoms with Crippen LogP contribution in [0.3, 0.4) is 0 Å². The highest BCUT2D eigenvalue weighted by Gasteiger charge is 2.31. The van der Waals surface area contributed by atoms with E-state index in [0.29, 0.717) is 12.1 Å². The van der Waals surface area contributed by atoms with Gasteiger partial charge >= 0.3 is 0 Å². The number of carbonyl (C=O) groups is 1. The van der Waals surface area contributed by atoms with Gasteiger partial charge in [-0.05, 0) is 32.4 Å². The first-order chi connectivity index (χ1) is 9.72. The maximum absolute atomic E-state index is 12.2. The highest BCUT2D eigenvalue weighted by molar-refractivity contribution is 5.76. The molecule has 7 nitrogen and oxygen atoms in total. The fourth-order valence-electron chi connectivity index (χ4n) is 3.11. The molecular formula is C13H22N6O. The lowest BCUT2D eigenvalue weighted by molar-refractivity contribution is -0.131. The number of carbonyl (C=O) groups excluding carboxylic acids is 1. The van der Waals surface area contributed by atoms with Gasteiger partial charge in [-0.15, -0.1) is 5.10 Å². The van der Waals surface area contributed by atoms with Gasteiger partial charge in [0.05, 0.1) is 6.20 Å². The third-order valence-electron chi connectivity index (χ3n) is 4.38. The average molecular weight is 278 g/mol. The number of nitrogens with zero attached hydrogens (tertiary/aromatic N) is 5. The van der Waals surface area contributed by atoms with Crippen molar-refractivity contribution < 1.29 is 4.79 Å². The number of hydrogen-bond donors (Lipinski definition) is 1. The zero-order valence-corrected chi connectivity index (χ0v) is 11.7. The fraction of sp³-hybridized carbons (Fsp3) is 0.769. The summed E-state index contributed by atoms with van der Waals surface area (Å²) in [6.45, 7) is 4.11. The van der Waals surface area contributed by atoms with Crippen LogP contribution in [0, 0.1) is 0 Å². The molecule has 1 aromatic rings. The summed E-state index contributed by atoms with van der Waals surface area (Å²) in [7, 11) is 0. The van der Waals surface area contributed by atoms with Crippen LogP contribution in [-0.4, -0.2) is 69.0 Å². The van der Waals surface area contributed by atoms with E-state index in [2.05, 4.69) is 15.2 Å². The number of likely N-dealkylation sites (tertiary alicyclic amines) is 2. The largest absolute Gasteiger partial charge is 0.339 e. The Labute approximate surface area is 118 Å². The molecule has 0 bridgehead atoms. The summed E-state index contributed by atoms with van der Waals surface area (Å²) in [5.74, 6) is 0.131. The molecule has 0 aliphatic carbocycles. The Bertz CT molecular complexity index is 440. The van der Waals surface area contributed by atoms with Gasteiger partial charge < -0.3 is 10.6 Å². The lowest BCUT2D eigenvalue weighted by Gasteiger charge is -2.34. The van der Waals surface area contributed by atoms with Crippen molar-refractivity contribution in [2.75, 3.05) is 26.2 Å². The van der Waals surface area contributed by atoms with Gasteiger partial charge in [0.15, 0.2) is 0 Å². The molecule has 0 saturated carbocycles. The SMILES string of the molecule is NC1CCN(C2CCN(C(=O)Cn3ccnn3)C2)CC1. The molecule has 3 rings (SSSR count). The predicted octanol–water partition coefficient (Wildman–Crippen LogP) is -0.698. The molecule has 2 aliphatic rings. The van der Waals surface area contributed by atoms with Crippen molar-refractivity contribution in [3.63, 3.8) is 0 Å². The topological polar surface area (TPSA) is 80.3 Å². The summed E-state index contributed by atoms with van der Waals surface area (Å²) < 4.78 is 1.58. The van der Waals surface area contributed by atoms with Crippen molar-refractivity contribution in [2.45, 2.75) is 37.9 Å². The summed E-state index contributed by atoms with van der Waals surface area (Å²) in [4.78, 5) is 16.6. The molecular weight excluding hydrogens is 256 g/mol. The smallest absolute Gasteiger partial charge is 0.244 e. The van der Waals surface area contributed by atoms with Crippen molar-refractivity contribution >= 4 is 5.91 Å². The van der Waals surface area contributed by atoms with Crippen molar-refractivity contribution in [3.8, 4) is 0 Å². The van der Waals surface area contributed by atoms with E-state index in [0.717, 1.165) is 45.4 Å². The highest BCUT2D eigenvalue weighted by Crippen LogP contribution is 2.20. The number of aromatic nitrogens is 3. The summed E-state index contributed by atoms with van der Waals surface area (Å²) in [6.07, 6.45) is 6.53. The molecule has 3 heterocycles. The van der Waals surface area contributed by atoms with Crippen molar-refractivity contribution in [1.29, 1.82) is 0 Å². The maximum Gasteiger partial charge on any atom is 0.244 e. The van der Waals surface area contributed by atoms with Crippen LogP contribution in [0.15, 0.2) is 12.4 Å². The van der Waals surface area contributed by atoms with Gasteiger partial charge in [0.1, 0.15) is 6.54 Å². The molecule has 110 valence electrons. The molecule has 1 aromatic heterocycles. The Morgan fingerprint density at radius 3 is 2.75 bits per heavy atom. The second-order valence-corrected chi connectivity index (χ2v) is 5.76. The van der Waals surface area contributed by atoms with Gasteiger partial charge in [0.25, 0.3) is 0 Å². The molecule has 0 spiro atoms. The van der Waals surface area contributed by atoms with E-state index in [-0.39, 0.29) is 12.5 Å². The summed E-state index contributed by atoms with van der Waals surface area (Å²) >= 11 is 0. The van der Waals surface area contributed by atoms with Gasteiger partial charge in [0, 0.05) is 31.4 Å². The zero-order chi connectivity index (χ0) is 13.9. The quantitative estimate of drug-likeness (QED) is 0.791. The second-order valence-electron chi connectivity index (χ2n) is 5.76. The fourth-order valence-corrected chi connectivity index (χ4v) is 3.11. The normalized spacial score (nSPS) is 25.2. The molecule has 2 N–H and O–H groups in total. The molecule has 1 amide bonds. The van der Waals surface area contributed by atoms with Crippen LogP contribution in [0.5, 0.6) is 0 Å². The van der Waals surface area contributed by atoms with E-state index in [4.69, 9.17) is 5.73 Å². The van der Waals surface area contributed by atoms with E-state index in [9.17, 15) is 4.79 Å². The van der Waals surface area contributed by atoms with Crippen molar-refractivity contribution in [2.24, 2.45) is 5.73 Å². The molecule has 7 heteroatoms. The Balaban J connectivity index is 1.50. The lowest BCUT2D eigenvalue weighted by atomic mass is 10.0. The van der Waals surface area contributed by atoms with Gasteiger partial charge in [-0.2, -0.15) is 0 Å². The second kappa shape index (κ2) is 5.88. The molecule has 20 heavy (non-hydrogen) atoms. The molecule has 2 saturated heterocycles. The first-order valence-electron chi connectivity index (χ1n) is 7.34. The third-order valence-corrected chi connectivity index (χ3v) is 4.38. The predicted molar refractivity (Wildman–Crippen MR) is 73.8 cm³/mol. The summed E-state index contributed by atoms with van der Waals surface area (Å²) in [6, 6.07) is 0.861. The molecule has 0 radical (unpaired) electrons. The van der Waals surface area contributed by atoms with Crippen LogP contribution in [0.1, 0.15) is 19.3 Å². The lowest BCUT2D eigenvalue weighted by Crippen LogP contribution is -2.46. The maximum atomic E-state index is 12.2. The molecule has 1 atom stereocenters. The van der Waals surface area contributed by atoms with Crippen LogP contribution >= 0.6 is 0 Å². The average Bonchev–Trinajstić information content (AvgIpc) is 3.10. The standard InChI is InChI=1S/C13H22N6O/c14-11-1-5-17(6-2-11)12-3-7-18(9-12)13(20)10-19-8-4-15-16-19/h4,8,11-12H,1-3,5-7,9-10,14H2. The number of rotatable bonds is 3. The number of nitrogens with two attached hydrogens (primary N) is 1. The van der Waals surface area contributed by atoms with Crippen LogP contribution in [0.25, 0.3) is 0 Å². The van der Waals surface area contributed by atoms with Gasteiger partial charge in [-0.3, -0.25) is 9.69 Å². The minimum atomic E-state index is 0.131. The first kappa shape index (κ1) is 13.5. The molecule has 2 aliphatic heterocycles. The highest BCUT2D eigenvalue weighted by atomic mass is 16.2. The van der Waals surface area contributed by atoms with E-state index >= 15 is 0 Å². The summed E-state index contributed by atoms with van der Waals surface area (Å²) in [5.41, 5.74) is 5.94. The number of amides is 1. The van der Waals surface area contributed by atoms with Crippen LogP contribution < -0.4 is 5.73 Å². The molecule has 1 unspecified atom stereocenters. The first-order valence-corrected chi connectivity index (χ1v) is 7.34. The third kappa shape index (κ3) is 2.99. The minimum absolute atomic E-state index is 0.131. The Hall–Kier alpha value is -1.47. The Kier molecular flexibility index (Phi) is 3.98. The Morgan fingerprint density at radius 1 is 1.25 bits per heavy atom. The van der Waals surface area contributed by atoms with Crippen LogP contribution in [0.4, 0.5) is 0 Å². The monoisotopic (exact) mass is 278 g/mol.